The molecule has 17 heavy (non-hydrogen) atoms. The molecule has 0 spiro atoms. The van der Waals surface area contributed by atoms with Crippen LogP contribution in [-0.2, 0) is 6.42 Å². The van der Waals surface area contributed by atoms with Gasteiger partial charge in [0.1, 0.15) is 5.75 Å². The van der Waals surface area contributed by atoms with Crippen LogP contribution < -0.4 is 10.1 Å². The van der Waals surface area contributed by atoms with E-state index in [2.05, 4.69) is 40.3 Å². The normalized spacial score (nSPS) is 20.3. The Balaban J connectivity index is 2.12. The van der Waals surface area contributed by atoms with Crippen LogP contribution in [0.5, 0.6) is 5.75 Å². The van der Waals surface area contributed by atoms with Gasteiger partial charge in [-0.15, -0.1) is 0 Å². The molecular weight excluding hydrogens is 278 g/mol. The Hall–Kier alpha value is -0.540. The number of benzene rings is 1. The van der Waals surface area contributed by atoms with Gasteiger partial charge in [-0.25, -0.2) is 0 Å². The molecule has 0 saturated carbocycles. The van der Waals surface area contributed by atoms with E-state index in [1.807, 2.05) is 0 Å². The van der Waals surface area contributed by atoms with Crippen LogP contribution in [0.4, 0.5) is 0 Å². The number of hydrogen-bond acceptors (Lipinski definition) is 2. The first-order chi connectivity index (χ1) is 8.20. The lowest BCUT2D eigenvalue weighted by atomic mass is 9.90. The van der Waals surface area contributed by atoms with Crippen LogP contribution in [0.1, 0.15) is 24.0 Å². The molecule has 1 heterocycles. The summed E-state index contributed by atoms with van der Waals surface area (Å²) in [7, 11) is 1.71. The van der Waals surface area contributed by atoms with Crippen molar-refractivity contribution in [3.63, 3.8) is 0 Å². The van der Waals surface area contributed by atoms with Gasteiger partial charge in [-0.1, -0.05) is 0 Å². The van der Waals surface area contributed by atoms with Crippen molar-refractivity contribution < 1.29 is 4.74 Å². The summed E-state index contributed by atoms with van der Waals surface area (Å²) >= 11 is 3.57. The summed E-state index contributed by atoms with van der Waals surface area (Å²) in [5.74, 6) is 1.70. The van der Waals surface area contributed by atoms with E-state index in [1.54, 1.807) is 7.11 Å². The van der Waals surface area contributed by atoms with Gasteiger partial charge in [-0.2, -0.15) is 0 Å². The quantitative estimate of drug-likeness (QED) is 0.924. The van der Waals surface area contributed by atoms with Gasteiger partial charge >= 0.3 is 0 Å². The van der Waals surface area contributed by atoms with Crippen molar-refractivity contribution >= 4 is 15.9 Å². The molecule has 2 rings (SSSR count). The highest BCUT2D eigenvalue weighted by Gasteiger charge is 2.15. The number of hydrogen-bond donors (Lipinski definition) is 1. The molecular formula is C14H20BrNO. The third kappa shape index (κ3) is 3.23. The van der Waals surface area contributed by atoms with Crippen molar-refractivity contribution in [2.24, 2.45) is 5.92 Å². The average Bonchev–Trinajstić information content (AvgIpc) is 2.34. The Morgan fingerprint density at radius 1 is 1.47 bits per heavy atom. The third-order valence-electron chi connectivity index (χ3n) is 3.52. The Kier molecular flexibility index (Phi) is 4.46. The van der Waals surface area contributed by atoms with Gasteiger partial charge < -0.3 is 10.1 Å². The zero-order chi connectivity index (χ0) is 12.3. The third-order valence-corrected chi connectivity index (χ3v) is 4.14. The summed E-state index contributed by atoms with van der Waals surface area (Å²) < 4.78 is 6.37. The van der Waals surface area contributed by atoms with Crippen molar-refractivity contribution in [3.8, 4) is 5.75 Å². The van der Waals surface area contributed by atoms with Crippen LogP contribution in [0, 0.1) is 12.8 Å². The van der Waals surface area contributed by atoms with E-state index < -0.39 is 0 Å². The topological polar surface area (TPSA) is 21.3 Å². The molecule has 2 nitrogen and oxygen atoms in total. The van der Waals surface area contributed by atoms with Crippen molar-refractivity contribution in [1.82, 2.24) is 5.32 Å². The van der Waals surface area contributed by atoms with E-state index in [-0.39, 0.29) is 0 Å². The maximum atomic E-state index is 5.31. The van der Waals surface area contributed by atoms with Crippen LogP contribution in [0.3, 0.4) is 0 Å². The smallest absolute Gasteiger partial charge is 0.133 e. The summed E-state index contributed by atoms with van der Waals surface area (Å²) in [6.45, 7) is 4.51. The minimum Gasteiger partial charge on any atom is -0.496 e. The van der Waals surface area contributed by atoms with Gasteiger partial charge in [0, 0.05) is 0 Å². The fourth-order valence-electron chi connectivity index (χ4n) is 2.48. The number of halogens is 1. The van der Waals surface area contributed by atoms with Gasteiger partial charge in [0.25, 0.3) is 0 Å². The first-order valence-electron chi connectivity index (χ1n) is 6.24. The SMILES string of the molecule is COc1cc(C)c(CC2CCCNC2)cc1Br. The number of nitrogens with one attached hydrogen (secondary N) is 1. The fourth-order valence-corrected chi connectivity index (χ4v) is 3.03. The Labute approximate surface area is 112 Å². The van der Waals surface area contributed by atoms with E-state index in [1.165, 1.54) is 36.9 Å². The zero-order valence-corrected chi connectivity index (χ0v) is 12.1. The van der Waals surface area contributed by atoms with Gasteiger partial charge in [0.2, 0.25) is 0 Å². The minimum absolute atomic E-state index is 0.780. The first-order valence-corrected chi connectivity index (χ1v) is 7.03. The second-order valence-electron chi connectivity index (χ2n) is 4.83. The van der Waals surface area contributed by atoms with Crippen LogP contribution in [0.15, 0.2) is 16.6 Å². The largest absolute Gasteiger partial charge is 0.496 e. The Morgan fingerprint density at radius 3 is 2.94 bits per heavy atom. The summed E-state index contributed by atoms with van der Waals surface area (Å²) in [5, 5.41) is 3.48. The molecule has 0 aliphatic carbocycles. The van der Waals surface area contributed by atoms with Gasteiger partial charge in [-0.05, 0) is 84.4 Å². The lowest BCUT2D eigenvalue weighted by Gasteiger charge is -2.23. The van der Waals surface area contributed by atoms with E-state index in [9.17, 15) is 0 Å². The summed E-state index contributed by atoms with van der Waals surface area (Å²) in [6, 6.07) is 4.33. The molecule has 1 aromatic rings. The van der Waals surface area contributed by atoms with Crippen LogP contribution >= 0.6 is 15.9 Å². The maximum absolute atomic E-state index is 5.31. The lowest BCUT2D eigenvalue weighted by molar-refractivity contribution is 0.375. The van der Waals surface area contributed by atoms with E-state index in [0.717, 1.165) is 22.7 Å². The zero-order valence-electron chi connectivity index (χ0n) is 10.6. The average molecular weight is 298 g/mol. The predicted molar refractivity (Wildman–Crippen MR) is 74.7 cm³/mol. The van der Waals surface area contributed by atoms with E-state index >= 15 is 0 Å². The second kappa shape index (κ2) is 5.87. The Morgan fingerprint density at radius 2 is 2.29 bits per heavy atom. The standard InChI is InChI=1S/C14H20BrNO/c1-10-6-14(17-2)13(15)8-12(10)7-11-4-3-5-16-9-11/h6,8,11,16H,3-5,7,9H2,1-2H3. The number of ether oxygens (including phenoxy) is 1. The molecule has 3 heteroatoms. The molecule has 0 bridgehead atoms. The molecule has 0 radical (unpaired) electrons. The molecule has 1 unspecified atom stereocenters. The molecule has 1 atom stereocenters. The van der Waals surface area contributed by atoms with Crippen molar-refractivity contribution in [2.45, 2.75) is 26.2 Å². The van der Waals surface area contributed by atoms with E-state index in [0.29, 0.717) is 0 Å². The molecule has 0 amide bonds. The highest BCUT2D eigenvalue weighted by Crippen LogP contribution is 2.30. The van der Waals surface area contributed by atoms with Crippen molar-refractivity contribution in [3.05, 3.63) is 27.7 Å². The molecule has 1 aliphatic rings. The summed E-state index contributed by atoms with van der Waals surface area (Å²) in [5.41, 5.74) is 2.77. The second-order valence-corrected chi connectivity index (χ2v) is 5.68. The predicted octanol–water partition coefficient (Wildman–Crippen LogP) is 3.31. The van der Waals surface area contributed by atoms with Crippen molar-refractivity contribution in [1.29, 1.82) is 0 Å². The van der Waals surface area contributed by atoms with Gasteiger partial charge in [0.05, 0.1) is 11.6 Å². The highest BCUT2D eigenvalue weighted by atomic mass is 79.9. The highest BCUT2D eigenvalue weighted by molar-refractivity contribution is 9.10. The molecule has 1 fully saturated rings. The van der Waals surface area contributed by atoms with Crippen LogP contribution in [-0.4, -0.2) is 20.2 Å². The van der Waals surface area contributed by atoms with Gasteiger partial charge in [-0.3, -0.25) is 0 Å². The number of rotatable bonds is 3. The van der Waals surface area contributed by atoms with Gasteiger partial charge in [0.15, 0.2) is 0 Å². The maximum Gasteiger partial charge on any atom is 0.133 e. The molecule has 0 aromatic heterocycles. The lowest BCUT2D eigenvalue weighted by Crippen LogP contribution is -2.30. The molecule has 1 aromatic carbocycles. The number of methoxy groups -OCH3 is 1. The molecule has 1 saturated heterocycles. The number of aryl methyl sites for hydroxylation is 1. The summed E-state index contributed by atoms with van der Waals surface area (Å²) in [4.78, 5) is 0. The van der Waals surface area contributed by atoms with Crippen LogP contribution in [0.2, 0.25) is 0 Å². The first kappa shape index (κ1) is 12.9. The molecule has 94 valence electrons. The molecule has 1 N–H and O–H groups in total. The fraction of sp³-hybridized carbons (Fsp3) is 0.571. The molecule has 1 aliphatic heterocycles. The summed E-state index contributed by atoms with van der Waals surface area (Å²) in [6.07, 6.45) is 3.82. The van der Waals surface area contributed by atoms with E-state index in [4.69, 9.17) is 4.74 Å². The minimum atomic E-state index is 0.780. The monoisotopic (exact) mass is 297 g/mol. The number of piperidine rings is 1. The Bertz CT molecular complexity index is 386. The van der Waals surface area contributed by atoms with Crippen molar-refractivity contribution in [2.75, 3.05) is 20.2 Å². The van der Waals surface area contributed by atoms with Crippen LogP contribution in [0.25, 0.3) is 0 Å².